The van der Waals surface area contributed by atoms with Gasteiger partial charge in [0.25, 0.3) is 5.91 Å². The van der Waals surface area contributed by atoms with Gasteiger partial charge in [0, 0.05) is 26.3 Å². The van der Waals surface area contributed by atoms with Gasteiger partial charge in [-0.25, -0.2) is 14.8 Å². The Hall–Kier alpha value is -3.00. The lowest BCUT2D eigenvalue weighted by atomic mass is 10.2. The summed E-state index contributed by atoms with van der Waals surface area (Å²) in [6.45, 7) is 4.79. The molecule has 0 fully saturated rings. The van der Waals surface area contributed by atoms with Gasteiger partial charge < -0.3 is 20.1 Å². The van der Waals surface area contributed by atoms with Gasteiger partial charge in [-0.1, -0.05) is 12.1 Å². The van der Waals surface area contributed by atoms with E-state index in [1.807, 2.05) is 0 Å². The van der Waals surface area contributed by atoms with Crippen molar-refractivity contribution in [2.24, 2.45) is 0 Å². The van der Waals surface area contributed by atoms with Crippen molar-refractivity contribution < 1.29 is 19.1 Å². The van der Waals surface area contributed by atoms with Crippen LogP contribution in [0.2, 0.25) is 0 Å². The molecule has 144 valence electrons. The number of nitrogens with one attached hydrogen (secondary N) is 2. The maximum atomic E-state index is 12.3. The topological polar surface area (TPSA) is 102 Å². The first-order valence-corrected chi connectivity index (χ1v) is 8.71. The number of para-hydroxylation sites is 1. The van der Waals surface area contributed by atoms with E-state index in [0.29, 0.717) is 42.5 Å². The smallest absolute Gasteiger partial charge is 0.340 e. The third-order valence-corrected chi connectivity index (χ3v) is 3.57. The highest BCUT2D eigenvalue weighted by Crippen LogP contribution is 2.21. The molecule has 2 aromatic rings. The normalized spacial score (nSPS) is 10.3. The number of ether oxygens (including phenoxy) is 2. The number of carbonyl (C=O) groups excluding carboxylic acids is 2. The summed E-state index contributed by atoms with van der Waals surface area (Å²) in [6.07, 6.45) is 0.713. The van der Waals surface area contributed by atoms with Gasteiger partial charge in [0.15, 0.2) is 0 Å². The van der Waals surface area contributed by atoms with Crippen LogP contribution in [0.1, 0.15) is 40.0 Å². The summed E-state index contributed by atoms with van der Waals surface area (Å²) in [5, 5.41) is 5.86. The largest absolute Gasteiger partial charge is 0.462 e. The molecule has 2 rings (SSSR count). The van der Waals surface area contributed by atoms with E-state index in [9.17, 15) is 9.59 Å². The minimum atomic E-state index is -0.428. The van der Waals surface area contributed by atoms with Gasteiger partial charge in [-0.05, 0) is 32.4 Å². The lowest BCUT2D eigenvalue weighted by Gasteiger charge is -2.12. The molecule has 0 atom stereocenters. The van der Waals surface area contributed by atoms with Crippen LogP contribution in [0.15, 0.2) is 30.3 Å². The molecule has 27 heavy (non-hydrogen) atoms. The number of nitrogens with zero attached hydrogens (tertiary/aromatic N) is 2. The Kier molecular flexibility index (Phi) is 7.69. The number of benzene rings is 1. The number of rotatable bonds is 9. The van der Waals surface area contributed by atoms with E-state index in [2.05, 4.69) is 20.6 Å². The van der Waals surface area contributed by atoms with Crippen molar-refractivity contribution in [1.82, 2.24) is 15.3 Å². The standard InChI is InChI=1S/C19H24N4O4/c1-4-27-19(25)14-8-5-6-9-15(14)23-17-12-16(21-13(2)22-17)18(24)20-10-7-11-26-3/h5-6,8-9,12H,4,7,10-11H2,1-3H3,(H,20,24)(H,21,22,23). The summed E-state index contributed by atoms with van der Waals surface area (Å²) in [5.74, 6) is 0.137. The summed E-state index contributed by atoms with van der Waals surface area (Å²) < 4.78 is 10.0. The summed E-state index contributed by atoms with van der Waals surface area (Å²) in [4.78, 5) is 32.8. The van der Waals surface area contributed by atoms with E-state index in [4.69, 9.17) is 9.47 Å². The fraction of sp³-hybridized carbons (Fsp3) is 0.368. The molecule has 0 bridgehead atoms. The van der Waals surface area contributed by atoms with E-state index >= 15 is 0 Å². The molecular weight excluding hydrogens is 348 g/mol. The van der Waals surface area contributed by atoms with Gasteiger partial charge >= 0.3 is 5.97 Å². The summed E-state index contributed by atoms with van der Waals surface area (Å²) in [5.41, 5.74) is 1.18. The van der Waals surface area contributed by atoms with Crippen molar-refractivity contribution in [3.05, 3.63) is 47.4 Å². The first-order chi connectivity index (χ1) is 13.0. The quantitative estimate of drug-likeness (QED) is 0.515. The number of hydrogen-bond donors (Lipinski definition) is 2. The Bertz CT molecular complexity index is 795. The first-order valence-electron chi connectivity index (χ1n) is 8.71. The highest BCUT2D eigenvalue weighted by atomic mass is 16.5. The van der Waals surface area contributed by atoms with E-state index in [1.165, 1.54) is 0 Å². The van der Waals surface area contributed by atoms with Crippen molar-refractivity contribution in [3.8, 4) is 0 Å². The van der Waals surface area contributed by atoms with Crippen LogP contribution >= 0.6 is 0 Å². The molecule has 0 aliphatic rings. The minimum absolute atomic E-state index is 0.246. The molecule has 0 saturated heterocycles. The van der Waals surface area contributed by atoms with Crippen LogP contribution in [0.4, 0.5) is 11.5 Å². The molecule has 0 unspecified atom stereocenters. The van der Waals surface area contributed by atoms with Gasteiger partial charge in [0.2, 0.25) is 0 Å². The second-order valence-corrected chi connectivity index (χ2v) is 5.68. The second-order valence-electron chi connectivity index (χ2n) is 5.68. The van der Waals surface area contributed by atoms with E-state index in [1.54, 1.807) is 51.3 Å². The Morgan fingerprint density at radius 1 is 1.19 bits per heavy atom. The number of aromatic nitrogens is 2. The van der Waals surface area contributed by atoms with Gasteiger partial charge in [-0.3, -0.25) is 4.79 Å². The highest BCUT2D eigenvalue weighted by molar-refractivity contribution is 5.97. The fourth-order valence-corrected chi connectivity index (χ4v) is 2.37. The average molecular weight is 372 g/mol. The average Bonchev–Trinajstić information content (AvgIpc) is 2.65. The molecule has 0 saturated carbocycles. The van der Waals surface area contributed by atoms with Crippen molar-refractivity contribution in [1.29, 1.82) is 0 Å². The van der Waals surface area contributed by atoms with Crippen molar-refractivity contribution >= 4 is 23.4 Å². The number of amides is 1. The van der Waals surface area contributed by atoms with Crippen LogP contribution in [0, 0.1) is 6.92 Å². The van der Waals surface area contributed by atoms with Crippen LogP contribution in [0.25, 0.3) is 0 Å². The lowest BCUT2D eigenvalue weighted by Crippen LogP contribution is -2.26. The Labute approximate surface area is 158 Å². The molecule has 8 nitrogen and oxygen atoms in total. The van der Waals surface area contributed by atoms with Crippen LogP contribution in [0.5, 0.6) is 0 Å². The maximum absolute atomic E-state index is 12.3. The highest BCUT2D eigenvalue weighted by Gasteiger charge is 2.14. The number of esters is 1. The van der Waals surface area contributed by atoms with Gasteiger partial charge in [-0.2, -0.15) is 0 Å². The van der Waals surface area contributed by atoms with Crippen molar-refractivity contribution in [2.45, 2.75) is 20.3 Å². The zero-order valence-electron chi connectivity index (χ0n) is 15.7. The molecule has 1 heterocycles. The number of carbonyl (C=O) groups is 2. The van der Waals surface area contributed by atoms with E-state index in [0.717, 1.165) is 0 Å². The molecule has 0 aliphatic heterocycles. The molecule has 2 N–H and O–H groups in total. The number of aryl methyl sites for hydroxylation is 1. The van der Waals surface area contributed by atoms with Gasteiger partial charge in [0.05, 0.1) is 17.9 Å². The number of methoxy groups -OCH3 is 1. The van der Waals surface area contributed by atoms with Crippen LogP contribution < -0.4 is 10.6 Å². The van der Waals surface area contributed by atoms with Gasteiger partial charge in [0.1, 0.15) is 17.3 Å². The lowest BCUT2D eigenvalue weighted by molar-refractivity contribution is 0.0527. The van der Waals surface area contributed by atoms with Crippen molar-refractivity contribution in [3.63, 3.8) is 0 Å². The fourth-order valence-electron chi connectivity index (χ4n) is 2.37. The Morgan fingerprint density at radius 2 is 1.96 bits per heavy atom. The van der Waals surface area contributed by atoms with Crippen LogP contribution in [-0.2, 0) is 9.47 Å². The Morgan fingerprint density at radius 3 is 2.70 bits per heavy atom. The summed E-state index contributed by atoms with van der Waals surface area (Å²) >= 11 is 0. The number of anilines is 2. The third kappa shape index (κ3) is 6.03. The molecule has 1 aromatic carbocycles. The third-order valence-electron chi connectivity index (χ3n) is 3.57. The predicted molar refractivity (Wildman–Crippen MR) is 101 cm³/mol. The molecule has 1 aromatic heterocycles. The zero-order chi connectivity index (χ0) is 19.6. The summed E-state index contributed by atoms with van der Waals surface area (Å²) in [6, 6.07) is 8.50. The van der Waals surface area contributed by atoms with E-state index < -0.39 is 5.97 Å². The van der Waals surface area contributed by atoms with Crippen LogP contribution in [0.3, 0.4) is 0 Å². The van der Waals surface area contributed by atoms with Crippen molar-refractivity contribution in [2.75, 3.05) is 32.2 Å². The molecule has 0 spiro atoms. The minimum Gasteiger partial charge on any atom is -0.462 e. The summed E-state index contributed by atoms with van der Waals surface area (Å²) in [7, 11) is 1.61. The molecular formula is C19H24N4O4. The first kappa shape index (κ1) is 20.3. The SMILES string of the molecule is CCOC(=O)c1ccccc1Nc1cc(C(=O)NCCCOC)nc(C)n1. The maximum Gasteiger partial charge on any atom is 0.340 e. The zero-order valence-corrected chi connectivity index (χ0v) is 15.7. The van der Waals surface area contributed by atoms with E-state index in [-0.39, 0.29) is 18.2 Å². The number of hydrogen-bond acceptors (Lipinski definition) is 7. The molecule has 0 radical (unpaired) electrons. The van der Waals surface area contributed by atoms with Gasteiger partial charge in [-0.15, -0.1) is 0 Å². The van der Waals surface area contributed by atoms with Crippen LogP contribution in [-0.4, -0.2) is 48.7 Å². The molecule has 1 amide bonds. The predicted octanol–water partition coefficient (Wildman–Crippen LogP) is 2.47. The monoisotopic (exact) mass is 372 g/mol. The Balaban J connectivity index is 2.17. The molecule has 8 heteroatoms. The second kappa shape index (κ2) is 10.2. The molecule has 0 aliphatic carbocycles.